The molecule has 2 N–H and O–H groups in total. The number of carboxylic acids is 1. The topological polar surface area (TPSA) is 66.4 Å². The van der Waals surface area contributed by atoms with Crippen LogP contribution in [0.3, 0.4) is 0 Å². The van der Waals surface area contributed by atoms with E-state index in [0.717, 1.165) is 12.0 Å². The van der Waals surface area contributed by atoms with Gasteiger partial charge in [-0.05, 0) is 30.7 Å². The molecule has 0 radical (unpaired) electrons. The number of fused-ring (bicyclic) bond motifs is 2. The molecule has 0 spiro atoms. The Morgan fingerprint density at radius 3 is 2.67 bits per heavy atom. The Morgan fingerprint density at radius 1 is 1.29 bits per heavy atom. The summed E-state index contributed by atoms with van der Waals surface area (Å²) < 4.78 is 0. The second-order valence-corrected chi connectivity index (χ2v) is 6.16. The zero-order valence-corrected chi connectivity index (χ0v) is 12.0. The zero-order valence-electron chi connectivity index (χ0n) is 12.0. The maximum Gasteiger partial charge on any atom is 0.310 e. The molecule has 1 amide bonds. The molecule has 0 aliphatic heterocycles. The van der Waals surface area contributed by atoms with Gasteiger partial charge in [0.15, 0.2) is 0 Å². The average molecular weight is 285 g/mol. The summed E-state index contributed by atoms with van der Waals surface area (Å²) in [6.45, 7) is 2.14. The van der Waals surface area contributed by atoms with Crippen LogP contribution >= 0.6 is 0 Å². The van der Waals surface area contributed by atoms with Crippen LogP contribution in [0.25, 0.3) is 0 Å². The van der Waals surface area contributed by atoms with E-state index in [2.05, 4.69) is 5.32 Å². The smallest absolute Gasteiger partial charge is 0.310 e. The fourth-order valence-corrected chi connectivity index (χ4v) is 3.75. The number of amides is 1. The molecule has 2 aliphatic carbocycles. The van der Waals surface area contributed by atoms with E-state index in [1.54, 1.807) is 6.92 Å². The molecule has 0 aromatic heterocycles. The number of carbonyl (C=O) groups excluding carboxylic acids is 1. The summed E-state index contributed by atoms with van der Waals surface area (Å²) in [6.07, 6.45) is 4.73. The van der Waals surface area contributed by atoms with Gasteiger partial charge in [0.25, 0.3) is 0 Å². The number of rotatable bonds is 4. The van der Waals surface area contributed by atoms with E-state index in [1.165, 1.54) is 0 Å². The van der Waals surface area contributed by atoms with E-state index in [9.17, 15) is 14.7 Å². The normalized spacial score (nSPS) is 33.1. The lowest BCUT2D eigenvalue weighted by Gasteiger charge is -2.33. The van der Waals surface area contributed by atoms with Crippen LogP contribution in [0.4, 0.5) is 0 Å². The van der Waals surface area contributed by atoms with Crippen molar-refractivity contribution in [1.29, 1.82) is 0 Å². The maximum atomic E-state index is 12.5. The Kier molecular flexibility index (Phi) is 3.32. The second-order valence-electron chi connectivity index (χ2n) is 6.16. The first kappa shape index (κ1) is 13.9. The molecule has 3 rings (SSSR count). The predicted octanol–water partition coefficient (Wildman–Crippen LogP) is 2.22. The van der Waals surface area contributed by atoms with Gasteiger partial charge in [-0.3, -0.25) is 9.59 Å². The lowest BCUT2D eigenvalue weighted by molar-refractivity contribution is -0.156. The molecule has 0 unspecified atom stereocenters. The number of benzene rings is 1. The second kappa shape index (κ2) is 5.02. The molecule has 1 aromatic rings. The molecule has 21 heavy (non-hydrogen) atoms. The highest BCUT2D eigenvalue weighted by molar-refractivity contribution is 5.89. The number of nitrogens with one attached hydrogen (secondary N) is 1. The van der Waals surface area contributed by atoms with Crippen molar-refractivity contribution in [3.8, 4) is 0 Å². The number of allylic oxidation sites excluding steroid dienone is 2. The fourth-order valence-electron chi connectivity index (χ4n) is 3.75. The average Bonchev–Trinajstić information content (AvgIpc) is 3.05. The summed E-state index contributed by atoms with van der Waals surface area (Å²) >= 11 is 0. The molecular weight excluding hydrogens is 266 g/mol. The summed E-state index contributed by atoms with van der Waals surface area (Å²) in [5.41, 5.74) is 0.0294. The minimum atomic E-state index is -0.986. The molecule has 4 heteroatoms. The van der Waals surface area contributed by atoms with E-state index < -0.39 is 17.3 Å². The molecule has 1 aromatic carbocycles. The molecule has 0 heterocycles. The summed E-state index contributed by atoms with van der Waals surface area (Å²) in [6, 6.07) is 9.65. The van der Waals surface area contributed by atoms with Crippen LogP contribution in [0.2, 0.25) is 0 Å². The van der Waals surface area contributed by atoms with Crippen molar-refractivity contribution in [2.45, 2.75) is 19.9 Å². The van der Waals surface area contributed by atoms with Crippen molar-refractivity contribution in [3.05, 3.63) is 48.0 Å². The van der Waals surface area contributed by atoms with Gasteiger partial charge in [0.1, 0.15) is 0 Å². The van der Waals surface area contributed by atoms with Gasteiger partial charge in [0, 0.05) is 6.54 Å². The van der Waals surface area contributed by atoms with Crippen molar-refractivity contribution < 1.29 is 14.7 Å². The third-order valence-electron chi connectivity index (χ3n) is 5.01. The van der Waals surface area contributed by atoms with Crippen molar-refractivity contribution in [2.24, 2.45) is 23.2 Å². The highest BCUT2D eigenvalue weighted by Crippen LogP contribution is 2.56. The predicted molar refractivity (Wildman–Crippen MR) is 78.3 cm³/mol. The van der Waals surface area contributed by atoms with Gasteiger partial charge in [-0.2, -0.15) is 0 Å². The van der Waals surface area contributed by atoms with E-state index in [0.29, 0.717) is 6.54 Å². The van der Waals surface area contributed by atoms with E-state index in [1.807, 2.05) is 42.5 Å². The van der Waals surface area contributed by atoms with E-state index in [-0.39, 0.29) is 17.7 Å². The van der Waals surface area contributed by atoms with Gasteiger partial charge in [-0.25, -0.2) is 0 Å². The summed E-state index contributed by atoms with van der Waals surface area (Å²) in [4.78, 5) is 24.2. The first-order valence-electron chi connectivity index (χ1n) is 7.27. The monoisotopic (exact) mass is 285 g/mol. The molecule has 2 aliphatic rings. The molecular formula is C17H19NO3. The van der Waals surface area contributed by atoms with Gasteiger partial charge in [0.2, 0.25) is 5.91 Å². The summed E-state index contributed by atoms with van der Waals surface area (Å²) in [7, 11) is 0. The third-order valence-corrected chi connectivity index (χ3v) is 5.01. The Balaban J connectivity index is 1.75. The standard InChI is InChI=1S/C17H19NO3/c1-17(16(20)21)13-8-7-12(9-13)14(17)15(19)18-10-11-5-3-2-4-6-11/h2-8,12-14H,9-10H2,1H3,(H,18,19)(H,20,21)/t12-,13+,14-,17+/m0/s1. The van der Waals surface area contributed by atoms with E-state index in [4.69, 9.17) is 0 Å². The van der Waals surface area contributed by atoms with Crippen LogP contribution in [0, 0.1) is 23.2 Å². The first-order valence-corrected chi connectivity index (χ1v) is 7.27. The highest BCUT2D eigenvalue weighted by Gasteiger charge is 2.60. The lowest BCUT2D eigenvalue weighted by atomic mass is 9.69. The molecule has 2 bridgehead atoms. The largest absolute Gasteiger partial charge is 0.481 e. The molecule has 4 nitrogen and oxygen atoms in total. The van der Waals surface area contributed by atoms with Crippen LogP contribution in [-0.4, -0.2) is 17.0 Å². The van der Waals surface area contributed by atoms with Crippen LogP contribution < -0.4 is 5.32 Å². The molecule has 0 saturated heterocycles. The number of carbonyl (C=O) groups is 2. The van der Waals surface area contributed by atoms with Gasteiger partial charge in [-0.1, -0.05) is 42.5 Å². The summed E-state index contributed by atoms with van der Waals surface area (Å²) in [5.74, 6) is -1.49. The van der Waals surface area contributed by atoms with Gasteiger partial charge in [0.05, 0.1) is 11.3 Å². The Hall–Kier alpha value is -2.10. The van der Waals surface area contributed by atoms with Crippen LogP contribution in [0.1, 0.15) is 18.9 Å². The first-order chi connectivity index (χ1) is 10.0. The number of hydrogen-bond donors (Lipinski definition) is 2. The number of aliphatic carboxylic acids is 1. The minimum Gasteiger partial charge on any atom is -0.481 e. The van der Waals surface area contributed by atoms with Crippen molar-refractivity contribution >= 4 is 11.9 Å². The van der Waals surface area contributed by atoms with Crippen molar-refractivity contribution in [3.63, 3.8) is 0 Å². The van der Waals surface area contributed by atoms with Crippen molar-refractivity contribution in [2.75, 3.05) is 0 Å². The third kappa shape index (κ3) is 2.15. The molecule has 110 valence electrons. The van der Waals surface area contributed by atoms with Crippen molar-refractivity contribution in [1.82, 2.24) is 5.32 Å². The minimum absolute atomic E-state index is 0.0347. The van der Waals surface area contributed by atoms with E-state index >= 15 is 0 Å². The fraction of sp³-hybridized carbons (Fsp3) is 0.412. The van der Waals surface area contributed by atoms with Gasteiger partial charge < -0.3 is 10.4 Å². The quantitative estimate of drug-likeness (QED) is 0.834. The van der Waals surface area contributed by atoms with Crippen LogP contribution in [0.5, 0.6) is 0 Å². The zero-order chi connectivity index (χ0) is 15.0. The molecule has 1 fully saturated rings. The Bertz CT molecular complexity index is 595. The lowest BCUT2D eigenvalue weighted by Crippen LogP contribution is -2.47. The number of carboxylic acid groups (broad SMARTS) is 1. The highest BCUT2D eigenvalue weighted by atomic mass is 16.4. The van der Waals surface area contributed by atoms with Gasteiger partial charge >= 0.3 is 5.97 Å². The maximum absolute atomic E-state index is 12.5. The Morgan fingerprint density at radius 2 is 2.00 bits per heavy atom. The van der Waals surface area contributed by atoms with Crippen LogP contribution in [-0.2, 0) is 16.1 Å². The van der Waals surface area contributed by atoms with Gasteiger partial charge in [-0.15, -0.1) is 0 Å². The Labute approximate surface area is 123 Å². The molecule has 1 saturated carbocycles. The number of hydrogen-bond acceptors (Lipinski definition) is 2. The SMILES string of the molecule is C[C@@]1(C(=O)O)[C@@H]2C=C[C@@H](C2)[C@H]1C(=O)NCc1ccccc1. The van der Waals surface area contributed by atoms with Crippen LogP contribution in [0.15, 0.2) is 42.5 Å². The molecule has 4 atom stereocenters. The summed E-state index contributed by atoms with van der Waals surface area (Å²) in [5, 5.41) is 12.5.